The van der Waals surface area contributed by atoms with Gasteiger partial charge < -0.3 is 24.3 Å². The monoisotopic (exact) mass is 577 g/mol. The Balaban J connectivity index is 1.41. The van der Waals surface area contributed by atoms with Gasteiger partial charge in [-0.05, 0) is 92.3 Å². The topological polar surface area (TPSA) is 98.0 Å². The molecule has 220 valence electrons. The largest absolute Gasteiger partial charge is 0.494 e. The van der Waals surface area contributed by atoms with Crippen molar-refractivity contribution < 1.29 is 38.1 Å². The van der Waals surface area contributed by atoms with Gasteiger partial charge in [0.1, 0.15) is 29.7 Å². The molecule has 7 nitrogen and oxygen atoms in total. The first-order valence-corrected chi connectivity index (χ1v) is 13.8. The second-order valence-corrected chi connectivity index (χ2v) is 9.94. The van der Waals surface area contributed by atoms with E-state index in [1.807, 2.05) is 30.3 Å². The van der Waals surface area contributed by atoms with E-state index < -0.39 is 17.8 Å². The van der Waals surface area contributed by atoms with E-state index in [0.29, 0.717) is 59.7 Å². The third-order valence-electron chi connectivity index (χ3n) is 6.88. The average molecular weight is 578 g/mol. The molecule has 0 aliphatic heterocycles. The van der Waals surface area contributed by atoms with Crippen LogP contribution in [0.5, 0.6) is 11.5 Å². The van der Waals surface area contributed by atoms with Crippen molar-refractivity contribution in [1.29, 1.82) is 0 Å². The van der Waals surface area contributed by atoms with Gasteiger partial charge in [-0.15, -0.1) is 0 Å². The highest BCUT2D eigenvalue weighted by molar-refractivity contribution is 5.95. The van der Waals surface area contributed by atoms with Crippen LogP contribution >= 0.6 is 0 Å². The van der Waals surface area contributed by atoms with Gasteiger partial charge in [-0.25, -0.2) is 8.78 Å². The Bertz CT molecular complexity index is 1560. The van der Waals surface area contributed by atoms with E-state index in [-0.39, 0.29) is 18.8 Å². The third kappa shape index (κ3) is 8.19. The molecule has 0 fully saturated rings. The fraction of sp³-hybridized carbons (Fsp3) is 0.273. The molecule has 0 aliphatic carbocycles. The first kappa shape index (κ1) is 30.3. The van der Waals surface area contributed by atoms with E-state index in [1.54, 1.807) is 29.7 Å². The number of unbranched alkanes of at least 4 members (excludes halogenated alkanes) is 1. The molecule has 4 rings (SSSR count). The number of hydrogen-bond acceptors (Lipinski definition) is 4. The zero-order valence-electron chi connectivity index (χ0n) is 23.3. The van der Waals surface area contributed by atoms with Crippen molar-refractivity contribution in [3.63, 3.8) is 0 Å². The number of carboxylic acids is 2. The van der Waals surface area contributed by atoms with Crippen molar-refractivity contribution in [3.05, 3.63) is 94.7 Å². The minimum Gasteiger partial charge on any atom is -0.494 e. The minimum atomic E-state index is -1.03. The van der Waals surface area contributed by atoms with Crippen LogP contribution in [0.3, 0.4) is 0 Å². The highest BCUT2D eigenvalue weighted by Gasteiger charge is 2.19. The first-order chi connectivity index (χ1) is 20.2. The Labute approximate surface area is 242 Å². The Hall–Kier alpha value is -4.66. The average Bonchev–Trinajstić information content (AvgIpc) is 3.20. The van der Waals surface area contributed by atoms with Crippen LogP contribution in [0.15, 0.2) is 60.7 Å². The number of carbonyl (C=O) groups is 2. The summed E-state index contributed by atoms with van der Waals surface area (Å²) in [6.45, 7) is 2.50. The van der Waals surface area contributed by atoms with Gasteiger partial charge in [0.25, 0.3) is 0 Å². The number of aliphatic carboxylic acids is 2. The van der Waals surface area contributed by atoms with Crippen LogP contribution in [-0.4, -0.2) is 39.9 Å². The summed E-state index contributed by atoms with van der Waals surface area (Å²) in [7, 11) is 0. The quantitative estimate of drug-likeness (QED) is 0.115. The first-order valence-electron chi connectivity index (χ1n) is 13.8. The van der Waals surface area contributed by atoms with Gasteiger partial charge in [-0.3, -0.25) is 9.59 Å². The molecule has 42 heavy (non-hydrogen) atoms. The van der Waals surface area contributed by atoms with Crippen LogP contribution in [-0.2, 0) is 22.6 Å². The van der Waals surface area contributed by atoms with Crippen LogP contribution in [0.2, 0.25) is 0 Å². The molecule has 3 aromatic carbocycles. The molecule has 4 aromatic rings. The number of rotatable bonds is 15. The highest BCUT2D eigenvalue weighted by Crippen LogP contribution is 2.32. The van der Waals surface area contributed by atoms with Crippen LogP contribution < -0.4 is 9.47 Å². The number of carboxylic acid groups (broad SMARTS) is 2. The Morgan fingerprint density at radius 1 is 0.810 bits per heavy atom. The molecule has 1 heterocycles. The second-order valence-electron chi connectivity index (χ2n) is 9.94. The molecule has 0 amide bonds. The van der Waals surface area contributed by atoms with Gasteiger partial charge in [0.2, 0.25) is 0 Å². The molecule has 0 radical (unpaired) electrons. The third-order valence-corrected chi connectivity index (χ3v) is 6.88. The second kappa shape index (κ2) is 14.3. The molecular formula is C33H33F2NO6. The predicted octanol–water partition coefficient (Wildman–Crippen LogP) is 7.13. The molecule has 2 N–H and O–H groups in total. The van der Waals surface area contributed by atoms with E-state index in [4.69, 9.17) is 14.6 Å². The van der Waals surface area contributed by atoms with Crippen molar-refractivity contribution in [1.82, 2.24) is 4.57 Å². The molecular weight excluding hydrogens is 544 g/mol. The SMILES string of the molecule is Cc1c(CCCC(=O)O)c2cc(F)cc(/C=C/c3ccc(OCCCCOc4ccc(F)cc4)cc3)c2n1CC(=O)O. The van der Waals surface area contributed by atoms with Gasteiger partial charge in [0, 0.05) is 23.1 Å². The van der Waals surface area contributed by atoms with E-state index >= 15 is 0 Å². The molecule has 0 unspecified atom stereocenters. The van der Waals surface area contributed by atoms with Crippen molar-refractivity contribution in [2.75, 3.05) is 13.2 Å². The summed E-state index contributed by atoms with van der Waals surface area (Å²) >= 11 is 0. The molecule has 0 spiro atoms. The van der Waals surface area contributed by atoms with Gasteiger partial charge in [0.15, 0.2) is 0 Å². The zero-order chi connectivity index (χ0) is 30.1. The van der Waals surface area contributed by atoms with Crippen LogP contribution in [0.25, 0.3) is 23.1 Å². The summed E-state index contributed by atoms with van der Waals surface area (Å²) in [5.41, 5.74) is 3.41. The molecule has 0 atom stereocenters. The van der Waals surface area contributed by atoms with Gasteiger partial charge in [-0.1, -0.05) is 24.3 Å². The lowest BCUT2D eigenvalue weighted by Crippen LogP contribution is -2.10. The highest BCUT2D eigenvalue weighted by atomic mass is 19.1. The maximum atomic E-state index is 14.7. The molecule has 0 bridgehead atoms. The number of aromatic nitrogens is 1. The molecule has 0 saturated carbocycles. The standard InChI is InChI=1S/C33H33F2NO6/c1-22-29(5-4-6-31(37)38)30-20-26(35)19-24(33(30)36(22)21-32(39)40)10-7-23-8-13-27(14-9-23)41-17-2-3-18-42-28-15-11-25(34)12-16-28/h7-16,19-20H,2-6,17-18,21H2,1H3,(H,37,38)(H,39,40)/b10-7+. The summed E-state index contributed by atoms with van der Waals surface area (Å²) in [6, 6.07) is 16.1. The van der Waals surface area contributed by atoms with Gasteiger partial charge in [-0.2, -0.15) is 0 Å². The van der Waals surface area contributed by atoms with Crippen LogP contribution in [0.1, 0.15) is 48.1 Å². The van der Waals surface area contributed by atoms with Crippen molar-refractivity contribution in [2.24, 2.45) is 0 Å². The number of aryl methyl sites for hydroxylation is 1. The fourth-order valence-corrected chi connectivity index (χ4v) is 4.85. The number of fused-ring (bicyclic) bond motifs is 1. The fourth-order valence-electron chi connectivity index (χ4n) is 4.85. The Kier molecular flexibility index (Phi) is 10.3. The summed E-state index contributed by atoms with van der Waals surface area (Å²) in [6.07, 6.45) is 5.87. The summed E-state index contributed by atoms with van der Waals surface area (Å²) < 4.78 is 40.7. The van der Waals surface area contributed by atoms with Crippen molar-refractivity contribution >= 4 is 35.0 Å². The van der Waals surface area contributed by atoms with Gasteiger partial charge in [0.05, 0.1) is 18.7 Å². The van der Waals surface area contributed by atoms with Crippen molar-refractivity contribution in [3.8, 4) is 11.5 Å². The van der Waals surface area contributed by atoms with Crippen molar-refractivity contribution in [2.45, 2.75) is 45.6 Å². The maximum Gasteiger partial charge on any atom is 0.323 e. The summed E-state index contributed by atoms with van der Waals surface area (Å²) in [5.74, 6) is -1.37. The number of halogens is 2. The lowest BCUT2D eigenvalue weighted by Gasteiger charge is -2.08. The van der Waals surface area contributed by atoms with E-state index in [0.717, 1.165) is 24.0 Å². The van der Waals surface area contributed by atoms with E-state index in [1.165, 1.54) is 24.3 Å². The smallest absolute Gasteiger partial charge is 0.323 e. The summed E-state index contributed by atoms with van der Waals surface area (Å²) in [5, 5.41) is 19.1. The van der Waals surface area contributed by atoms with E-state index in [2.05, 4.69) is 0 Å². The number of benzene rings is 3. The Morgan fingerprint density at radius 2 is 1.43 bits per heavy atom. The molecule has 0 aliphatic rings. The predicted molar refractivity (Wildman–Crippen MR) is 157 cm³/mol. The van der Waals surface area contributed by atoms with Gasteiger partial charge >= 0.3 is 11.9 Å². The van der Waals surface area contributed by atoms with Crippen LogP contribution in [0.4, 0.5) is 8.78 Å². The number of nitrogens with zero attached hydrogens (tertiary/aromatic N) is 1. The lowest BCUT2D eigenvalue weighted by atomic mass is 10.0. The molecule has 0 saturated heterocycles. The lowest BCUT2D eigenvalue weighted by molar-refractivity contribution is -0.138. The van der Waals surface area contributed by atoms with E-state index in [9.17, 15) is 23.5 Å². The zero-order valence-corrected chi connectivity index (χ0v) is 23.3. The maximum absolute atomic E-state index is 14.7. The molecule has 9 heteroatoms. The Morgan fingerprint density at radius 3 is 2.02 bits per heavy atom. The normalized spacial score (nSPS) is 11.3. The molecule has 1 aromatic heterocycles. The minimum absolute atomic E-state index is 0.0290. The number of hydrogen-bond donors (Lipinski definition) is 2. The number of ether oxygens (including phenoxy) is 2. The van der Waals surface area contributed by atoms with Crippen LogP contribution in [0, 0.1) is 18.6 Å². The summed E-state index contributed by atoms with van der Waals surface area (Å²) in [4.78, 5) is 22.6.